The standard InChI is InChI=1S/C16H17N5O2/c1-20(11-13-9-15(22)18-16(23)17-13)10-12-7-8-21(19-12)14-5-3-2-4-6-14/h2-9H,10-11H2,1H3,(H2,17,18,22,23). The Balaban J connectivity index is 1.68. The molecule has 0 fully saturated rings. The molecule has 2 heterocycles. The highest BCUT2D eigenvalue weighted by atomic mass is 16.2. The maximum Gasteiger partial charge on any atom is 0.325 e. The van der Waals surface area contributed by atoms with E-state index in [1.165, 1.54) is 6.07 Å². The summed E-state index contributed by atoms with van der Waals surface area (Å²) < 4.78 is 1.82. The highest BCUT2D eigenvalue weighted by Gasteiger charge is 2.07. The molecule has 0 aliphatic carbocycles. The van der Waals surface area contributed by atoms with Crippen molar-refractivity contribution in [2.45, 2.75) is 13.1 Å². The molecular formula is C16H17N5O2. The lowest BCUT2D eigenvalue weighted by molar-refractivity contribution is 0.310. The first-order valence-corrected chi connectivity index (χ1v) is 7.21. The number of nitrogens with one attached hydrogen (secondary N) is 2. The topological polar surface area (TPSA) is 86.8 Å². The molecule has 23 heavy (non-hydrogen) atoms. The summed E-state index contributed by atoms with van der Waals surface area (Å²) in [5.41, 5.74) is 1.59. The van der Waals surface area contributed by atoms with Crippen molar-refractivity contribution < 1.29 is 0 Å². The van der Waals surface area contributed by atoms with Gasteiger partial charge < -0.3 is 4.98 Å². The molecule has 0 aliphatic rings. The van der Waals surface area contributed by atoms with E-state index in [9.17, 15) is 9.59 Å². The molecule has 0 unspecified atom stereocenters. The predicted octanol–water partition coefficient (Wildman–Crippen LogP) is 0.881. The van der Waals surface area contributed by atoms with Gasteiger partial charge in [-0.05, 0) is 25.2 Å². The second kappa shape index (κ2) is 6.45. The average Bonchev–Trinajstić information content (AvgIpc) is 2.95. The first kappa shape index (κ1) is 15.0. The van der Waals surface area contributed by atoms with Crippen molar-refractivity contribution in [3.05, 3.63) is 80.9 Å². The minimum Gasteiger partial charge on any atom is -0.310 e. The van der Waals surface area contributed by atoms with Crippen LogP contribution in [0.25, 0.3) is 5.69 Å². The summed E-state index contributed by atoms with van der Waals surface area (Å²) in [6.07, 6.45) is 1.91. The van der Waals surface area contributed by atoms with E-state index in [1.807, 2.05) is 59.2 Å². The maximum atomic E-state index is 11.3. The minimum atomic E-state index is -0.491. The van der Waals surface area contributed by atoms with Crippen LogP contribution in [0.2, 0.25) is 0 Å². The number of hydrogen-bond acceptors (Lipinski definition) is 4. The van der Waals surface area contributed by atoms with Gasteiger partial charge in [0.15, 0.2) is 0 Å². The SMILES string of the molecule is CN(Cc1ccn(-c2ccccc2)n1)Cc1cc(=O)[nH]c(=O)[nH]1. The van der Waals surface area contributed by atoms with Crippen LogP contribution in [0, 0.1) is 0 Å². The molecule has 0 aliphatic heterocycles. The van der Waals surface area contributed by atoms with Gasteiger partial charge in [-0.2, -0.15) is 5.10 Å². The Morgan fingerprint density at radius 2 is 1.87 bits per heavy atom. The van der Waals surface area contributed by atoms with Gasteiger partial charge in [0, 0.05) is 31.0 Å². The van der Waals surface area contributed by atoms with Gasteiger partial charge in [-0.1, -0.05) is 18.2 Å². The summed E-state index contributed by atoms with van der Waals surface area (Å²) in [5, 5.41) is 4.53. The normalized spacial score (nSPS) is 11.0. The number of benzene rings is 1. The summed E-state index contributed by atoms with van der Waals surface area (Å²) in [7, 11) is 1.90. The zero-order valence-electron chi connectivity index (χ0n) is 12.7. The average molecular weight is 311 g/mol. The quantitative estimate of drug-likeness (QED) is 0.732. The second-order valence-electron chi connectivity index (χ2n) is 5.37. The maximum absolute atomic E-state index is 11.3. The molecule has 0 radical (unpaired) electrons. The first-order valence-electron chi connectivity index (χ1n) is 7.21. The van der Waals surface area contributed by atoms with Crippen LogP contribution < -0.4 is 11.2 Å². The largest absolute Gasteiger partial charge is 0.325 e. The molecule has 0 bridgehead atoms. The van der Waals surface area contributed by atoms with Crippen LogP contribution in [0.15, 0.2) is 58.3 Å². The number of aromatic amines is 2. The molecule has 0 saturated carbocycles. The van der Waals surface area contributed by atoms with Crippen molar-refractivity contribution in [2.75, 3.05) is 7.05 Å². The lowest BCUT2D eigenvalue weighted by Crippen LogP contribution is -2.26. The zero-order chi connectivity index (χ0) is 16.2. The van der Waals surface area contributed by atoms with Crippen LogP contribution in [-0.2, 0) is 13.1 Å². The number of para-hydroxylation sites is 1. The molecule has 7 heteroatoms. The van der Waals surface area contributed by atoms with Gasteiger partial charge in [-0.25, -0.2) is 9.48 Å². The van der Waals surface area contributed by atoms with Crippen LogP contribution >= 0.6 is 0 Å². The molecule has 1 aromatic carbocycles. The molecule has 118 valence electrons. The third-order valence-electron chi connectivity index (χ3n) is 3.35. The van der Waals surface area contributed by atoms with Crippen molar-refractivity contribution >= 4 is 0 Å². The van der Waals surface area contributed by atoms with E-state index in [2.05, 4.69) is 15.1 Å². The van der Waals surface area contributed by atoms with Crippen LogP contribution in [0.4, 0.5) is 0 Å². The Hall–Kier alpha value is -2.93. The minimum absolute atomic E-state index is 0.398. The zero-order valence-corrected chi connectivity index (χ0v) is 12.7. The fraction of sp³-hybridized carbons (Fsp3) is 0.188. The van der Waals surface area contributed by atoms with Gasteiger partial charge in [0.2, 0.25) is 0 Å². The van der Waals surface area contributed by atoms with Gasteiger partial charge >= 0.3 is 5.69 Å². The number of H-pyrrole nitrogens is 2. The summed E-state index contributed by atoms with van der Waals surface area (Å²) >= 11 is 0. The highest BCUT2D eigenvalue weighted by Crippen LogP contribution is 2.08. The fourth-order valence-electron chi connectivity index (χ4n) is 2.40. The molecule has 2 aromatic heterocycles. The van der Waals surface area contributed by atoms with E-state index in [0.717, 1.165) is 11.4 Å². The van der Waals surface area contributed by atoms with Gasteiger partial charge in [0.05, 0.1) is 11.4 Å². The predicted molar refractivity (Wildman–Crippen MR) is 86.4 cm³/mol. The molecule has 0 saturated heterocycles. The van der Waals surface area contributed by atoms with E-state index in [4.69, 9.17) is 0 Å². The van der Waals surface area contributed by atoms with E-state index in [0.29, 0.717) is 18.8 Å². The summed E-state index contributed by atoms with van der Waals surface area (Å²) in [5.74, 6) is 0. The Kier molecular flexibility index (Phi) is 4.20. The van der Waals surface area contributed by atoms with Gasteiger partial charge in [-0.15, -0.1) is 0 Å². The number of rotatable bonds is 5. The van der Waals surface area contributed by atoms with Crippen molar-refractivity contribution in [3.63, 3.8) is 0 Å². The molecular weight excluding hydrogens is 294 g/mol. The summed E-state index contributed by atoms with van der Waals surface area (Å²) in [4.78, 5) is 29.3. The van der Waals surface area contributed by atoms with E-state index in [-0.39, 0.29) is 0 Å². The second-order valence-corrected chi connectivity index (χ2v) is 5.37. The number of nitrogens with zero attached hydrogens (tertiary/aromatic N) is 3. The molecule has 3 rings (SSSR count). The third kappa shape index (κ3) is 3.83. The van der Waals surface area contributed by atoms with Crippen LogP contribution in [0.1, 0.15) is 11.4 Å². The van der Waals surface area contributed by atoms with Gasteiger partial charge in [-0.3, -0.25) is 14.7 Å². The summed E-state index contributed by atoms with van der Waals surface area (Å²) in [6.45, 7) is 1.06. The number of aromatic nitrogens is 4. The Bertz CT molecular complexity index is 866. The molecule has 2 N–H and O–H groups in total. The molecule has 0 spiro atoms. The van der Waals surface area contributed by atoms with E-state index in [1.54, 1.807) is 0 Å². The van der Waals surface area contributed by atoms with Crippen molar-refractivity contribution in [1.29, 1.82) is 0 Å². The Labute approximate surface area is 132 Å². The highest BCUT2D eigenvalue weighted by molar-refractivity contribution is 5.30. The van der Waals surface area contributed by atoms with Crippen LogP contribution in [-0.4, -0.2) is 31.7 Å². The van der Waals surface area contributed by atoms with Gasteiger partial charge in [0.25, 0.3) is 5.56 Å². The fourth-order valence-corrected chi connectivity index (χ4v) is 2.40. The summed E-state index contributed by atoms with van der Waals surface area (Å²) in [6, 6.07) is 13.2. The number of hydrogen-bond donors (Lipinski definition) is 2. The lowest BCUT2D eigenvalue weighted by Gasteiger charge is -2.14. The van der Waals surface area contributed by atoms with E-state index < -0.39 is 11.2 Å². The Morgan fingerprint density at radius 3 is 2.61 bits per heavy atom. The molecule has 0 amide bonds. The van der Waals surface area contributed by atoms with Crippen LogP contribution in [0.3, 0.4) is 0 Å². The van der Waals surface area contributed by atoms with Crippen molar-refractivity contribution in [3.8, 4) is 5.69 Å². The van der Waals surface area contributed by atoms with Gasteiger partial charge in [0.1, 0.15) is 0 Å². The van der Waals surface area contributed by atoms with E-state index >= 15 is 0 Å². The van der Waals surface area contributed by atoms with Crippen molar-refractivity contribution in [2.24, 2.45) is 0 Å². The van der Waals surface area contributed by atoms with Crippen LogP contribution in [0.5, 0.6) is 0 Å². The van der Waals surface area contributed by atoms with Crippen molar-refractivity contribution in [1.82, 2.24) is 24.6 Å². The Morgan fingerprint density at radius 1 is 1.09 bits per heavy atom. The smallest absolute Gasteiger partial charge is 0.310 e. The molecule has 0 atom stereocenters. The lowest BCUT2D eigenvalue weighted by atomic mass is 10.3. The monoisotopic (exact) mass is 311 g/mol. The third-order valence-corrected chi connectivity index (χ3v) is 3.35. The molecule has 3 aromatic rings. The first-order chi connectivity index (χ1) is 11.1. The molecule has 7 nitrogen and oxygen atoms in total.